The summed E-state index contributed by atoms with van der Waals surface area (Å²) >= 11 is 0. The van der Waals surface area contributed by atoms with E-state index in [4.69, 9.17) is 4.74 Å². The van der Waals surface area contributed by atoms with Gasteiger partial charge >= 0.3 is 6.09 Å². The number of alkyl halides is 2. The maximum Gasteiger partial charge on any atom is 0.412 e. The minimum absolute atomic E-state index is 0.149. The highest BCUT2D eigenvalue weighted by atomic mass is 19.3. The molecule has 5 nitrogen and oxygen atoms in total. The van der Waals surface area contributed by atoms with Crippen molar-refractivity contribution in [3.8, 4) is 0 Å². The van der Waals surface area contributed by atoms with Crippen LogP contribution < -0.4 is 5.32 Å². The summed E-state index contributed by atoms with van der Waals surface area (Å²) in [5.41, 5.74) is 1.66. The van der Waals surface area contributed by atoms with Crippen LogP contribution >= 0.6 is 0 Å². The van der Waals surface area contributed by atoms with Crippen molar-refractivity contribution in [1.29, 1.82) is 0 Å². The van der Waals surface area contributed by atoms with E-state index < -0.39 is 12.0 Å². The zero-order valence-electron chi connectivity index (χ0n) is 13.6. The van der Waals surface area contributed by atoms with E-state index in [1.165, 1.54) is 0 Å². The number of anilines is 1. The van der Waals surface area contributed by atoms with Crippen molar-refractivity contribution in [2.45, 2.75) is 63.2 Å². The van der Waals surface area contributed by atoms with E-state index in [0.29, 0.717) is 18.3 Å². The number of rotatable bonds is 6. The Labute approximate surface area is 134 Å². The summed E-state index contributed by atoms with van der Waals surface area (Å²) in [6, 6.07) is 0. The van der Waals surface area contributed by atoms with E-state index in [-0.39, 0.29) is 18.8 Å². The van der Waals surface area contributed by atoms with Crippen molar-refractivity contribution in [2.24, 2.45) is 7.05 Å². The first-order valence-electron chi connectivity index (χ1n) is 8.29. The van der Waals surface area contributed by atoms with Crippen LogP contribution in [0, 0.1) is 0 Å². The molecule has 1 aromatic rings. The molecule has 1 heterocycles. The Morgan fingerprint density at radius 3 is 2.65 bits per heavy atom. The van der Waals surface area contributed by atoms with Gasteiger partial charge in [0.1, 0.15) is 5.82 Å². The van der Waals surface area contributed by atoms with Crippen LogP contribution in [0.2, 0.25) is 0 Å². The molecule has 2 aliphatic rings. The summed E-state index contributed by atoms with van der Waals surface area (Å²) < 4.78 is 33.1. The lowest BCUT2D eigenvalue weighted by molar-refractivity contribution is -0.0878. The molecule has 23 heavy (non-hydrogen) atoms. The van der Waals surface area contributed by atoms with Gasteiger partial charge in [-0.25, -0.2) is 13.6 Å². The number of aryl methyl sites for hydroxylation is 1. The molecule has 0 spiro atoms. The van der Waals surface area contributed by atoms with Gasteiger partial charge in [-0.15, -0.1) is 0 Å². The molecule has 2 fully saturated rings. The van der Waals surface area contributed by atoms with Crippen molar-refractivity contribution in [3.63, 3.8) is 0 Å². The van der Waals surface area contributed by atoms with E-state index in [1.54, 1.807) is 11.7 Å². The minimum Gasteiger partial charge on any atom is -0.449 e. The highest BCUT2D eigenvalue weighted by Crippen LogP contribution is 2.53. The van der Waals surface area contributed by atoms with Gasteiger partial charge in [0.15, 0.2) is 0 Å². The van der Waals surface area contributed by atoms with E-state index >= 15 is 0 Å². The highest BCUT2D eigenvalue weighted by molar-refractivity contribution is 5.85. The number of amides is 1. The molecular formula is C16H23F2N3O2. The lowest BCUT2D eigenvalue weighted by atomic mass is 9.77. The molecule has 1 N–H and O–H groups in total. The summed E-state index contributed by atoms with van der Waals surface area (Å²) in [6.45, 7) is 2.40. The number of aromatic nitrogens is 2. The average Bonchev–Trinajstić information content (AvgIpc) is 3.23. The van der Waals surface area contributed by atoms with Crippen LogP contribution in [0.3, 0.4) is 0 Å². The molecule has 2 aliphatic carbocycles. The minimum atomic E-state index is -2.57. The molecule has 7 heteroatoms. The quantitative estimate of drug-likeness (QED) is 0.798. The number of ether oxygens (including phenoxy) is 1. The van der Waals surface area contributed by atoms with Crippen molar-refractivity contribution in [1.82, 2.24) is 9.78 Å². The molecule has 0 aliphatic heterocycles. The number of halogens is 2. The van der Waals surface area contributed by atoms with E-state index in [1.807, 2.05) is 6.92 Å². The lowest BCUT2D eigenvalue weighted by Gasteiger charge is -2.34. The van der Waals surface area contributed by atoms with E-state index in [2.05, 4.69) is 10.4 Å². The van der Waals surface area contributed by atoms with Gasteiger partial charge in [-0.05, 0) is 25.2 Å². The fourth-order valence-electron chi connectivity index (χ4n) is 3.08. The van der Waals surface area contributed by atoms with Gasteiger partial charge in [0, 0.05) is 31.4 Å². The third-order valence-corrected chi connectivity index (χ3v) is 4.53. The van der Waals surface area contributed by atoms with Crippen molar-refractivity contribution < 1.29 is 18.3 Å². The first-order chi connectivity index (χ1) is 10.9. The number of hydrogen-bond acceptors (Lipinski definition) is 3. The smallest absolute Gasteiger partial charge is 0.412 e. The Morgan fingerprint density at radius 2 is 2.09 bits per heavy atom. The van der Waals surface area contributed by atoms with Crippen LogP contribution in [0.5, 0.6) is 0 Å². The first-order valence-corrected chi connectivity index (χ1v) is 8.29. The monoisotopic (exact) mass is 327 g/mol. The maximum absolute atomic E-state index is 13.2. The molecule has 128 valence electrons. The van der Waals surface area contributed by atoms with Crippen LogP contribution in [0.25, 0.3) is 0 Å². The van der Waals surface area contributed by atoms with Gasteiger partial charge in [0.2, 0.25) is 5.92 Å². The number of unbranched alkanes of at least 4 members (excludes halogenated alkanes) is 1. The largest absolute Gasteiger partial charge is 0.449 e. The molecule has 0 bridgehead atoms. The Balaban J connectivity index is 1.75. The standard InChI is InChI=1S/C16H23F2N3O2/c1-3-4-7-23-15(22)19-14-12(10-5-6-10)13(20-21(14)2)11-8-16(17,18)9-11/h10-11H,3-9H2,1-2H3,(H,19,22). The van der Waals surface area contributed by atoms with Crippen molar-refractivity contribution in [3.05, 3.63) is 11.3 Å². The molecular weight excluding hydrogens is 304 g/mol. The number of carbonyl (C=O) groups excluding carboxylic acids is 1. The summed E-state index contributed by atoms with van der Waals surface area (Å²) in [6.07, 6.45) is 2.99. The predicted molar refractivity (Wildman–Crippen MR) is 82.0 cm³/mol. The molecule has 0 unspecified atom stereocenters. The molecule has 0 atom stereocenters. The highest BCUT2D eigenvalue weighted by Gasteiger charge is 2.49. The predicted octanol–water partition coefficient (Wildman–Crippen LogP) is 4.16. The molecule has 0 saturated heterocycles. The van der Waals surface area contributed by atoms with Gasteiger partial charge in [-0.1, -0.05) is 13.3 Å². The number of nitrogens with zero attached hydrogens (tertiary/aromatic N) is 2. The van der Waals surface area contributed by atoms with Crippen molar-refractivity contribution in [2.75, 3.05) is 11.9 Å². The molecule has 0 aromatic carbocycles. The van der Waals surface area contributed by atoms with E-state index in [9.17, 15) is 13.6 Å². The van der Waals surface area contributed by atoms with Crippen LogP contribution in [0.15, 0.2) is 0 Å². The molecule has 0 radical (unpaired) electrons. The van der Waals surface area contributed by atoms with E-state index in [0.717, 1.165) is 36.9 Å². The zero-order valence-corrected chi connectivity index (χ0v) is 13.6. The van der Waals surface area contributed by atoms with Gasteiger partial charge < -0.3 is 4.74 Å². The number of hydrogen-bond donors (Lipinski definition) is 1. The van der Waals surface area contributed by atoms with Gasteiger partial charge in [-0.3, -0.25) is 10.00 Å². The summed E-state index contributed by atoms with van der Waals surface area (Å²) in [5.74, 6) is -1.87. The van der Waals surface area contributed by atoms with Crippen LogP contribution in [-0.4, -0.2) is 28.4 Å². The molecule has 3 rings (SSSR count). The topological polar surface area (TPSA) is 56.1 Å². The summed E-state index contributed by atoms with van der Waals surface area (Å²) in [7, 11) is 1.73. The Hall–Kier alpha value is -1.66. The van der Waals surface area contributed by atoms with Crippen LogP contribution in [0.4, 0.5) is 19.4 Å². The Morgan fingerprint density at radius 1 is 1.39 bits per heavy atom. The Bertz CT molecular complexity index is 588. The number of carbonyl (C=O) groups is 1. The second kappa shape index (κ2) is 6.09. The van der Waals surface area contributed by atoms with Crippen LogP contribution in [-0.2, 0) is 11.8 Å². The number of nitrogens with one attached hydrogen (secondary N) is 1. The fraction of sp³-hybridized carbons (Fsp3) is 0.750. The zero-order chi connectivity index (χ0) is 16.6. The SMILES string of the molecule is CCCCOC(=O)Nc1c(C2CC2)c(C2CC(F)(F)C2)nn1C. The fourth-order valence-corrected chi connectivity index (χ4v) is 3.08. The van der Waals surface area contributed by atoms with Gasteiger partial charge in [-0.2, -0.15) is 5.10 Å². The second-order valence-corrected chi connectivity index (χ2v) is 6.62. The summed E-state index contributed by atoms with van der Waals surface area (Å²) in [4.78, 5) is 11.9. The third-order valence-electron chi connectivity index (χ3n) is 4.53. The van der Waals surface area contributed by atoms with Gasteiger partial charge in [0.25, 0.3) is 0 Å². The molecule has 1 amide bonds. The second-order valence-electron chi connectivity index (χ2n) is 6.62. The van der Waals surface area contributed by atoms with Crippen molar-refractivity contribution >= 4 is 11.9 Å². The maximum atomic E-state index is 13.2. The average molecular weight is 327 g/mol. The van der Waals surface area contributed by atoms with Crippen LogP contribution in [0.1, 0.15) is 68.5 Å². The lowest BCUT2D eigenvalue weighted by Crippen LogP contribution is -2.34. The third kappa shape index (κ3) is 3.48. The Kier molecular flexibility index (Phi) is 4.29. The normalized spacial score (nSPS) is 20.2. The first kappa shape index (κ1) is 16.2. The molecule has 2 saturated carbocycles. The summed E-state index contributed by atoms with van der Waals surface area (Å²) in [5, 5.41) is 7.18. The molecule has 1 aromatic heterocycles. The van der Waals surface area contributed by atoms with Gasteiger partial charge in [0.05, 0.1) is 12.3 Å².